The van der Waals surface area contributed by atoms with Crippen LogP contribution >= 0.6 is 0 Å². The van der Waals surface area contributed by atoms with Gasteiger partial charge >= 0.3 is 0 Å². The van der Waals surface area contributed by atoms with Crippen LogP contribution in [0.5, 0.6) is 0 Å². The maximum atomic E-state index is 12.0. The smallest absolute Gasteiger partial charge is 0.274 e. The monoisotopic (exact) mass is 252 g/mol. The number of amides is 1. The molecule has 4 N–H and O–H groups in total. The summed E-state index contributed by atoms with van der Waals surface area (Å²) in [5.74, 6) is 0.221. The quantitative estimate of drug-likeness (QED) is 0.318. The fraction of sp³-hybridized carbons (Fsp3) is 0.545. The van der Waals surface area contributed by atoms with Crippen molar-refractivity contribution < 1.29 is 14.5 Å². The molecule has 0 aliphatic heterocycles. The molecule has 1 amide bonds. The molecule has 1 aromatic heterocycles. The Bertz CT molecular complexity index is 474. The van der Waals surface area contributed by atoms with E-state index in [2.05, 4.69) is 15.6 Å². The number of hydrogen-bond donors (Lipinski definition) is 3. The second kappa shape index (κ2) is 4.67. The van der Waals surface area contributed by atoms with Crippen LogP contribution in [-0.2, 0) is 0 Å². The van der Waals surface area contributed by atoms with Crippen molar-refractivity contribution >= 4 is 11.7 Å². The summed E-state index contributed by atoms with van der Waals surface area (Å²) < 4.78 is 4.85. The SMILES string of the molecule is Cc1cc(C(=O)NC2(C(N)=NO)CCCC2)no1. The number of rotatable bonds is 3. The zero-order valence-corrected chi connectivity index (χ0v) is 10.1. The maximum absolute atomic E-state index is 12.0. The molecule has 2 rings (SSSR count). The number of nitrogens with zero attached hydrogens (tertiary/aromatic N) is 2. The molecule has 1 aromatic rings. The molecule has 18 heavy (non-hydrogen) atoms. The molecule has 0 saturated heterocycles. The second-order valence-electron chi connectivity index (χ2n) is 4.55. The fourth-order valence-corrected chi connectivity index (χ4v) is 2.27. The molecule has 0 atom stereocenters. The predicted molar refractivity (Wildman–Crippen MR) is 63.3 cm³/mol. The Labute approximate surface area is 104 Å². The Hall–Kier alpha value is -2.05. The lowest BCUT2D eigenvalue weighted by molar-refractivity contribution is 0.0913. The molecule has 7 nitrogen and oxygen atoms in total. The zero-order valence-electron chi connectivity index (χ0n) is 10.1. The fourth-order valence-electron chi connectivity index (χ4n) is 2.27. The Balaban J connectivity index is 2.17. The van der Waals surface area contributed by atoms with E-state index in [0.29, 0.717) is 18.6 Å². The lowest BCUT2D eigenvalue weighted by Gasteiger charge is -2.28. The van der Waals surface area contributed by atoms with Gasteiger partial charge in [-0.3, -0.25) is 4.79 Å². The number of hydrogen-bond acceptors (Lipinski definition) is 5. The lowest BCUT2D eigenvalue weighted by Crippen LogP contribution is -2.55. The van der Waals surface area contributed by atoms with Crippen LogP contribution in [-0.4, -0.2) is 27.6 Å². The Morgan fingerprint density at radius 3 is 2.78 bits per heavy atom. The molecule has 1 aliphatic carbocycles. The summed E-state index contributed by atoms with van der Waals surface area (Å²) >= 11 is 0. The van der Waals surface area contributed by atoms with Gasteiger partial charge in [0.2, 0.25) is 0 Å². The largest absolute Gasteiger partial charge is 0.409 e. The first-order chi connectivity index (χ1) is 8.57. The third kappa shape index (κ3) is 2.15. The number of aryl methyl sites for hydroxylation is 1. The number of nitrogens with one attached hydrogen (secondary N) is 1. The van der Waals surface area contributed by atoms with Gasteiger partial charge in [0.15, 0.2) is 11.5 Å². The normalized spacial score (nSPS) is 18.8. The first-order valence-corrected chi connectivity index (χ1v) is 5.81. The lowest BCUT2D eigenvalue weighted by atomic mass is 9.96. The second-order valence-corrected chi connectivity index (χ2v) is 4.55. The van der Waals surface area contributed by atoms with Crippen molar-refractivity contribution in [3.63, 3.8) is 0 Å². The predicted octanol–water partition coefficient (Wildman–Crippen LogP) is 0.772. The van der Waals surface area contributed by atoms with E-state index in [4.69, 9.17) is 15.5 Å². The van der Waals surface area contributed by atoms with Gasteiger partial charge in [0.05, 0.1) is 0 Å². The van der Waals surface area contributed by atoms with Crippen LogP contribution in [0.4, 0.5) is 0 Å². The highest BCUT2D eigenvalue weighted by Gasteiger charge is 2.40. The minimum Gasteiger partial charge on any atom is -0.409 e. The van der Waals surface area contributed by atoms with E-state index in [1.54, 1.807) is 13.0 Å². The standard InChI is InChI=1S/C11H16N4O3/c1-7-6-8(15-18-7)9(16)13-11(10(12)14-17)4-2-3-5-11/h6,17H,2-5H2,1H3,(H2,12,14)(H,13,16). The summed E-state index contributed by atoms with van der Waals surface area (Å²) in [4.78, 5) is 12.0. The molecule has 1 aliphatic rings. The summed E-state index contributed by atoms with van der Waals surface area (Å²) in [6.07, 6.45) is 3.17. The van der Waals surface area contributed by atoms with Crippen molar-refractivity contribution in [1.29, 1.82) is 0 Å². The average molecular weight is 252 g/mol. The van der Waals surface area contributed by atoms with Crippen LogP contribution in [0.25, 0.3) is 0 Å². The number of amidine groups is 1. The Morgan fingerprint density at radius 1 is 1.61 bits per heavy atom. The molecule has 7 heteroatoms. The van der Waals surface area contributed by atoms with Crippen LogP contribution in [0.2, 0.25) is 0 Å². The van der Waals surface area contributed by atoms with Crippen molar-refractivity contribution in [2.24, 2.45) is 10.9 Å². The molecule has 1 fully saturated rings. The topological polar surface area (TPSA) is 114 Å². The van der Waals surface area contributed by atoms with Crippen LogP contribution in [0.15, 0.2) is 15.7 Å². The molecule has 0 spiro atoms. The van der Waals surface area contributed by atoms with Crippen molar-refractivity contribution in [2.45, 2.75) is 38.1 Å². The summed E-state index contributed by atoms with van der Waals surface area (Å²) in [6, 6.07) is 1.55. The minimum absolute atomic E-state index is 0.0357. The molecule has 0 radical (unpaired) electrons. The summed E-state index contributed by atoms with van der Waals surface area (Å²) in [6.45, 7) is 1.71. The first kappa shape index (κ1) is 12.4. The molecule has 98 valence electrons. The van der Waals surface area contributed by atoms with Crippen molar-refractivity contribution in [3.8, 4) is 0 Å². The third-order valence-corrected chi connectivity index (χ3v) is 3.27. The Kier molecular flexibility index (Phi) is 3.22. The average Bonchev–Trinajstić information content (AvgIpc) is 2.98. The van der Waals surface area contributed by atoms with E-state index >= 15 is 0 Å². The zero-order chi connectivity index (χ0) is 13.2. The van der Waals surface area contributed by atoms with Gasteiger partial charge in [-0.05, 0) is 19.8 Å². The van der Waals surface area contributed by atoms with Gasteiger partial charge in [0, 0.05) is 6.07 Å². The summed E-state index contributed by atoms with van der Waals surface area (Å²) in [5, 5.41) is 18.3. The van der Waals surface area contributed by atoms with Gasteiger partial charge < -0.3 is 20.8 Å². The van der Waals surface area contributed by atoms with E-state index in [1.807, 2.05) is 0 Å². The third-order valence-electron chi connectivity index (χ3n) is 3.27. The molecule has 1 saturated carbocycles. The summed E-state index contributed by atoms with van der Waals surface area (Å²) in [7, 11) is 0. The first-order valence-electron chi connectivity index (χ1n) is 5.81. The molecule has 0 aromatic carbocycles. The van der Waals surface area contributed by atoms with Gasteiger partial charge in [-0.15, -0.1) is 0 Å². The highest BCUT2D eigenvalue weighted by molar-refractivity contribution is 5.99. The van der Waals surface area contributed by atoms with Crippen LogP contribution < -0.4 is 11.1 Å². The van der Waals surface area contributed by atoms with Crippen molar-refractivity contribution in [1.82, 2.24) is 10.5 Å². The van der Waals surface area contributed by atoms with Gasteiger partial charge in [-0.1, -0.05) is 23.2 Å². The molecular formula is C11H16N4O3. The van der Waals surface area contributed by atoms with Gasteiger partial charge in [0.25, 0.3) is 5.91 Å². The van der Waals surface area contributed by atoms with E-state index in [9.17, 15) is 4.79 Å². The van der Waals surface area contributed by atoms with Crippen LogP contribution in [0, 0.1) is 6.92 Å². The van der Waals surface area contributed by atoms with Crippen LogP contribution in [0.1, 0.15) is 41.9 Å². The maximum Gasteiger partial charge on any atom is 0.274 e. The molecule has 1 heterocycles. The molecule has 0 unspecified atom stereocenters. The summed E-state index contributed by atoms with van der Waals surface area (Å²) in [5.41, 5.74) is 5.12. The molecular weight excluding hydrogens is 236 g/mol. The van der Waals surface area contributed by atoms with E-state index in [0.717, 1.165) is 12.8 Å². The number of carbonyl (C=O) groups excluding carboxylic acids is 1. The number of oxime groups is 1. The van der Waals surface area contributed by atoms with E-state index in [-0.39, 0.29) is 17.4 Å². The van der Waals surface area contributed by atoms with Gasteiger partial charge in [-0.2, -0.15) is 0 Å². The highest BCUT2D eigenvalue weighted by atomic mass is 16.5. The number of nitrogens with two attached hydrogens (primary N) is 1. The molecule has 0 bridgehead atoms. The van der Waals surface area contributed by atoms with Crippen LogP contribution in [0.3, 0.4) is 0 Å². The van der Waals surface area contributed by atoms with E-state index in [1.165, 1.54) is 0 Å². The number of aromatic nitrogens is 1. The van der Waals surface area contributed by atoms with Gasteiger partial charge in [-0.25, -0.2) is 0 Å². The number of carbonyl (C=O) groups is 1. The van der Waals surface area contributed by atoms with Gasteiger partial charge in [0.1, 0.15) is 11.3 Å². The van der Waals surface area contributed by atoms with Crippen molar-refractivity contribution in [2.75, 3.05) is 0 Å². The highest BCUT2D eigenvalue weighted by Crippen LogP contribution is 2.30. The minimum atomic E-state index is -0.765. The van der Waals surface area contributed by atoms with E-state index < -0.39 is 5.54 Å². The van der Waals surface area contributed by atoms with Crippen molar-refractivity contribution in [3.05, 3.63) is 17.5 Å². The Morgan fingerprint density at radius 2 is 2.28 bits per heavy atom.